The van der Waals surface area contributed by atoms with Crippen molar-refractivity contribution in [3.8, 4) is 0 Å². The standard InChI is InChI=1S/C11H19N3O/c1-3-10(12)5-4-6-14-11(15)7-9(2)8-13-14/h7-8,10H,3-6,12H2,1-2H3. The monoisotopic (exact) mass is 209 g/mol. The van der Waals surface area contributed by atoms with Gasteiger partial charge in [-0.05, 0) is 31.7 Å². The highest BCUT2D eigenvalue weighted by molar-refractivity contribution is 5.02. The van der Waals surface area contributed by atoms with Crippen LogP contribution >= 0.6 is 0 Å². The molecule has 0 saturated carbocycles. The molecule has 0 saturated heterocycles. The van der Waals surface area contributed by atoms with Crippen molar-refractivity contribution in [2.45, 2.75) is 45.7 Å². The van der Waals surface area contributed by atoms with Gasteiger partial charge in [0.1, 0.15) is 0 Å². The molecule has 0 radical (unpaired) electrons. The van der Waals surface area contributed by atoms with Crippen molar-refractivity contribution in [2.75, 3.05) is 0 Å². The van der Waals surface area contributed by atoms with E-state index in [4.69, 9.17) is 5.73 Å². The van der Waals surface area contributed by atoms with E-state index < -0.39 is 0 Å². The molecule has 1 aromatic heterocycles. The predicted molar refractivity (Wildman–Crippen MR) is 60.7 cm³/mol. The van der Waals surface area contributed by atoms with Crippen LogP contribution in [0, 0.1) is 6.92 Å². The van der Waals surface area contributed by atoms with Gasteiger partial charge in [-0.2, -0.15) is 5.10 Å². The largest absolute Gasteiger partial charge is 0.328 e. The van der Waals surface area contributed by atoms with Gasteiger partial charge >= 0.3 is 0 Å². The lowest BCUT2D eigenvalue weighted by atomic mass is 10.1. The first kappa shape index (κ1) is 11.9. The highest BCUT2D eigenvalue weighted by atomic mass is 16.1. The Morgan fingerprint density at radius 2 is 2.33 bits per heavy atom. The van der Waals surface area contributed by atoms with E-state index in [1.807, 2.05) is 6.92 Å². The predicted octanol–water partition coefficient (Wildman–Crippen LogP) is 1.07. The third-order valence-electron chi connectivity index (χ3n) is 2.48. The van der Waals surface area contributed by atoms with Gasteiger partial charge in [0.15, 0.2) is 0 Å². The Morgan fingerprint density at radius 1 is 1.60 bits per heavy atom. The van der Waals surface area contributed by atoms with Gasteiger partial charge < -0.3 is 5.73 Å². The van der Waals surface area contributed by atoms with Crippen molar-refractivity contribution in [1.82, 2.24) is 9.78 Å². The number of nitrogens with two attached hydrogens (primary N) is 1. The maximum Gasteiger partial charge on any atom is 0.266 e. The lowest BCUT2D eigenvalue weighted by Gasteiger charge is -2.08. The minimum Gasteiger partial charge on any atom is -0.328 e. The zero-order valence-corrected chi connectivity index (χ0v) is 9.44. The molecular weight excluding hydrogens is 190 g/mol. The number of hydrogen-bond acceptors (Lipinski definition) is 3. The minimum absolute atomic E-state index is 0.0277. The van der Waals surface area contributed by atoms with Gasteiger partial charge in [-0.3, -0.25) is 4.79 Å². The van der Waals surface area contributed by atoms with E-state index in [2.05, 4.69) is 12.0 Å². The van der Waals surface area contributed by atoms with Crippen LogP contribution < -0.4 is 11.3 Å². The number of aromatic nitrogens is 2. The second-order valence-corrected chi connectivity index (χ2v) is 3.90. The van der Waals surface area contributed by atoms with Gasteiger partial charge in [-0.1, -0.05) is 6.92 Å². The summed E-state index contributed by atoms with van der Waals surface area (Å²) in [5.74, 6) is 0. The zero-order chi connectivity index (χ0) is 11.3. The van der Waals surface area contributed by atoms with E-state index in [1.54, 1.807) is 12.3 Å². The van der Waals surface area contributed by atoms with Crippen LogP contribution in [-0.4, -0.2) is 15.8 Å². The summed E-state index contributed by atoms with van der Waals surface area (Å²) >= 11 is 0. The molecule has 84 valence electrons. The molecule has 0 aliphatic heterocycles. The molecule has 4 heteroatoms. The Bertz CT molecular complexity index is 359. The van der Waals surface area contributed by atoms with Crippen molar-refractivity contribution in [2.24, 2.45) is 5.73 Å². The van der Waals surface area contributed by atoms with Gasteiger partial charge in [0.2, 0.25) is 0 Å². The minimum atomic E-state index is -0.0277. The normalized spacial score (nSPS) is 12.7. The third kappa shape index (κ3) is 3.83. The van der Waals surface area contributed by atoms with Crippen LogP contribution in [0.1, 0.15) is 31.7 Å². The molecule has 1 heterocycles. The summed E-state index contributed by atoms with van der Waals surface area (Å²) in [6.07, 6.45) is 4.54. The van der Waals surface area contributed by atoms with Crippen LogP contribution in [0.3, 0.4) is 0 Å². The van der Waals surface area contributed by atoms with E-state index in [0.717, 1.165) is 24.8 Å². The van der Waals surface area contributed by atoms with E-state index in [-0.39, 0.29) is 11.6 Å². The summed E-state index contributed by atoms with van der Waals surface area (Å²) in [6.45, 7) is 4.60. The fourth-order valence-electron chi connectivity index (χ4n) is 1.40. The molecule has 1 aromatic rings. The second-order valence-electron chi connectivity index (χ2n) is 3.90. The Hall–Kier alpha value is -1.16. The first-order valence-electron chi connectivity index (χ1n) is 5.43. The number of hydrogen-bond donors (Lipinski definition) is 1. The third-order valence-corrected chi connectivity index (χ3v) is 2.48. The molecule has 0 spiro atoms. The number of aryl methyl sites for hydroxylation is 2. The summed E-state index contributed by atoms with van der Waals surface area (Å²) in [6, 6.07) is 1.85. The van der Waals surface area contributed by atoms with Crippen molar-refractivity contribution >= 4 is 0 Å². The van der Waals surface area contributed by atoms with Crippen molar-refractivity contribution in [1.29, 1.82) is 0 Å². The van der Waals surface area contributed by atoms with Gasteiger partial charge in [0.25, 0.3) is 5.56 Å². The highest BCUT2D eigenvalue weighted by Crippen LogP contribution is 1.99. The van der Waals surface area contributed by atoms with E-state index in [1.165, 1.54) is 4.68 Å². The second kappa shape index (κ2) is 5.66. The SMILES string of the molecule is CCC(N)CCCn1ncc(C)cc1=O. The van der Waals surface area contributed by atoms with Crippen LogP contribution in [0.25, 0.3) is 0 Å². The van der Waals surface area contributed by atoms with Crippen molar-refractivity contribution in [3.63, 3.8) is 0 Å². The topological polar surface area (TPSA) is 60.9 Å². The molecule has 1 unspecified atom stereocenters. The van der Waals surface area contributed by atoms with Crippen LogP contribution in [-0.2, 0) is 6.54 Å². The molecule has 1 rings (SSSR count). The number of rotatable bonds is 5. The summed E-state index contributed by atoms with van der Waals surface area (Å²) in [5.41, 5.74) is 6.67. The average molecular weight is 209 g/mol. The summed E-state index contributed by atoms with van der Waals surface area (Å²) < 4.78 is 1.50. The molecule has 4 nitrogen and oxygen atoms in total. The number of nitrogens with zero attached hydrogens (tertiary/aromatic N) is 2. The van der Waals surface area contributed by atoms with Crippen LogP contribution in [0.4, 0.5) is 0 Å². The molecule has 15 heavy (non-hydrogen) atoms. The van der Waals surface area contributed by atoms with Crippen LogP contribution in [0.5, 0.6) is 0 Å². The molecule has 0 fully saturated rings. The maximum absolute atomic E-state index is 11.5. The summed E-state index contributed by atoms with van der Waals surface area (Å²) in [5, 5.41) is 4.06. The fraction of sp³-hybridized carbons (Fsp3) is 0.636. The first-order valence-corrected chi connectivity index (χ1v) is 5.43. The molecule has 0 bridgehead atoms. The zero-order valence-electron chi connectivity index (χ0n) is 9.44. The van der Waals surface area contributed by atoms with E-state index >= 15 is 0 Å². The molecule has 0 amide bonds. The quantitative estimate of drug-likeness (QED) is 0.789. The summed E-state index contributed by atoms with van der Waals surface area (Å²) in [7, 11) is 0. The Labute approximate surface area is 90.1 Å². The first-order chi connectivity index (χ1) is 7.13. The Kier molecular flexibility index (Phi) is 4.49. The highest BCUT2D eigenvalue weighted by Gasteiger charge is 2.01. The van der Waals surface area contributed by atoms with E-state index in [0.29, 0.717) is 6.54 Å². The van der Waals surface area contributed by atoms with Crippen LogP contribution in [0.2, 0.25) is 0 Å². The molecule has 0 aliphatic carbocycles. The lowest BCUT2D eigenvalue weighted by Crippen LogP contribution is -2.24. The van der Waals surface area contributed by atoms with Crippen LogP contribution in [0.15, 0.2) is 17.1 Å². The van der Waals surface area contributed by atoms with Gasteiger partial charge in [0.05, 0.1) is 6.20 Å². The maximum atomic E-state index is 11.5. The summed E-state index contributed by atoms with van der Waals surface area (Å²) in [4.78, 5) is 11.5. The van der Waals surface area contributed by atoms with Gasteiger partial charge in [0, 0.05) is 18.7 Å². The van der Waals surface area contributed by atoms with E-state index in [9.17, 15) is 4.79 Å². The van der Waals surface area contributed by atoms with Gasteiger partial charge in [-0.15, -0.1) is 0 Å². The Morgan fingerprint density at radius 3 is 2.93 bits per heavy atom. The van der Waals surface area contributed by atoms with Crippen molar-refractivity contribution in [3.05, 3.63) is 28.2 Å². The van der Waals surface area contributed by atoms with Crippen molar-refractivity contribution < 1.29 is 0 Å². The smallest absolute Gasteiger partial charge is 0.266 e. The molecule has 0 aromatic carbocycles. The lowest BCUT2D eigenvalue weighted by molar-refractivity contribution is 0.486. The molecule has 0 aliphatic rings. The Balaban J connectivity index is 2.48. The fourth-order valence-corrected chi connectivity index (χ4v) is 1.40. The molecule has 1 atom stereocenters. The molecular formula is C11H19N3O. The van der Waals surface area contributed by atoms with Gasteiger partial charge in [-0.25, -0.2) is 4.68 Å². The molecule has 2 N–H and O–H groups in total. The average Bonchev–Trinajstić information content (AvgIpc) is 2.21.